The summed E-state index contributed by atoms with van der Waals surface area (Å²) in [4.78, 5) is 27.7. The van der Waals surface area contributed by atoms with Crippen LogP contribution in [0.3, 0.4) is 0 Å². The monoisotopic (exact) mass is 443 g/mol. The average Bonchev–Trinajstić information content (AvgIpc) is 3.35. The molecule has 1 aliphatic rings. The molecule has 3 aromatic heterocycles. The number of carbonyl (C=O) groups is 1. The summed E-state index contributed by atoms with van der Waals surface area (Å²) in [6, 6.07) is 11.4. The average molecular weight is 444 g/mol. The van der Waals surface area contributed by atoms with Gasteiger partial charge in [0, 0.05) is 23.5 Å². The Morgan fingerprint density at radius 3 is 2.83 bits per heavy atom. The number of anilines is 1. The number of halogens is 1. The van der Waals surface area contributed by atoms with Crippen LogP contribution in [0, 0.1) is 5.92 Å². The SMILES string of the molecule is C[C@H](Nc1nc(Cl)cc([C@@H]2C(=O)NCC2[C@@H](C)O)n1)c1ccc(-c2ccccn2)s1. The first-order valence-electron chi connectivity index (χ1n) is 9.70. The lowest BCUT2D eigenvalue weighted by molar-refractivity contribution is -0.121. The van der Waals surface area contributed by atoms with Crippen LogP contribution in [0.1, 0.15) is 36.4 Å². The maximum Gasteiger partial charge on any atom is 0.229 e. The number of hydrogen-bond acceptors (Lipinski definition) is 7. The molecule has 0 spiro atoms. The number of aliphatic hydroxyl groups is 1. The van der Waals surface area contributed by atoms with E-state index in [4.69, 9.17) is 11.6 Å². The molecule has 0 aliphatic carbocycles. The van der Waals surface area contributed by atoms with Crippen molar-refractivity contribution in [2.45, 2.75) is 31.9 Å². The lowest BCUT2D eigenvalue weighted by Gasteiger charge is -2.20. The van der Waals surface area contributed by atoms with E-state index >= 15 is 0 Å². The van der Waals surface area contributed by atoms with Crippen LogP contribution in [0.25, 0.3) is 10.6 Å². The number of thiophene rings is 1. The summed E-state index contributed by atoms with van der Waals surface area (Å²) < 4.78 is 0. The molecule has 4 heterocycles. The molecule has 0 aromatic carbocycles. The molecule has 0 radical (unpaired) electrons. The Labute approximate surface area is 183 Å². The van der Waals surface area contributed by atoms with E-state index in [1.165, 1.54) is 0 Å². The fourth-order valence-corrected chi connectivity index (χ4v) is 4.78. The number of amides is 1. The third-order valence-corrected chi connectivity index (χ3v) is 6.68. The van der Waals surface area contributed by atoms with Gasteiger partial charge in [0.15, 0.2) is 0 Å². The zero-order chi connectivity index (χ0) is 21.3. The van der Waals surface area contributed by atoms with Gasteiger partial charge < -0.3 is 15.7 Å². The number of aliphatic hydroxyl groups excluding tert-OH is 1. The van der Waals surface area contributed by atoms with Crippen molar-refractivity contribution in [2.75, 3.05) is 11.9 Å². The third kappa shape index (κ3) is 4.30. The van der Waals surface area contributed by atoms with Gasteiger partial charge in [-0.25, -0.2) is 9.97 Å². The molecule has 7 nitrogen and oxygen atoms in total. The maximum atomic E-state index is 12.3. The molecule has 1 fully saturated rings. The fraction of sp³-hybridized carbons (Fsp3) is 0.333. The van der Waals surface area contributed by atoms with Crippen LogP contribution in [0.15, 0.2) is 42.6 Å². The number of carbonyl (C=O) groups excluding carboxylic acids is 1. The van der Waals surface area contributed by atoms with Crippen molar-refractivity contribution >= 4 is 34.8 Å². The van der Waals surface area contributed by atoms with Crippen LogP contribution < -0.4 is 10.6 Å². The van der Waals surface area contributed by atoms with Gasteiger partial charge in [0.25, 0.3) is 0 Å². The lowest BCUT2D eigenvalue weighted by atomic mass is 9.88. The Morgan fingerprint density at radius 2 is 2.10 bits per heavy atom. The van der Waals surface area contributed by atoms with Gasteiger partial charge in [0.05, 0.1) is 34.3 Å². The van der Waals surface area contributed by atoms with Crippen LogP contribution in [-0.4, -0.2) is 38.6 Å². The molecule has 0 bridgehead atoms. The highest BCUT2D eigenvalue weighted by atomic mass is 35.5. The van der Waals surface area contributed by atoms with E-state index in [1.54, 1.807) is 30.5 Å². The molecule has 9 heteroatoms. The molecule has 0 saturated carbocycles. The zero-order valence-electron chi connectivity index (χ0n) is 16.5. The summed E-state index contributed by atoms with van der Waals surface area (Å²) >= 11 is 7.87. The van der Waals surface area contributed by atoms with Crippen molar-refractivity contribution in [3.8, 4) is 10.6 Å². The topological polar surface area (TPSA) is 100 Å². The standard InChI is InChI=1S/C21H22ClN5O2S/c1-11(16-6-7-17(30-16)14-5-3-4-8-23-14)25-21-26-15(9-18(22)27-21)19-13(12(2)28)10-24-20(19)29/h3-9,11-13,19,28H,10H2,1-2H3,(H,24,29)(H,25,26,27)/t11-,12+,13?,19+/m0/s1. The van der Waals surface area contributed by atoms with Crippen LogP contribution >= 0.6 is 22.9 Å². The van der Waals surface area contributed by atoms with E-state index in [0.717, 1.165) is 15.4 Å². The van der Waals surface area contributed by atoms with Gasteiger partial charge in [-0.05, 0) is 44.2 Å². The number of pyridine rings is 1. The van der Waals surface area contributed by atoms with E-state index in [1.807, 2.05) is 37.3 Å². The van der Waals surface area contributed by atoms with Crippen molar-refractivity contribution in [2.24, 2.45) is 5.92 Å². The molecule has 1 unspecified atom stereocenters. The van der Waals surface area contributed by atoms with E-state index in [-0.39, 0.29) is 23.0 Å². The van der Waals surface area contributed by atoms with Crippen molar-refractivity contribution in [1.82, 2.24) is 20.3 Å². The van der Waals surface area contributed by atoms with E-state index < -0.39 is 12.0 Å². The van der Waals surface area contributed by atoms with Gasteiger partial charge in [-0.2, -0.15) is 0 Å². The minimum absolute atomic E-state index is 0.0660. The van der Waals surface area contributed by atoms with Crippen molar-refractivity contribution in [1.29, 1.82) is 0 Å². The van der Waals surface area contributed by atoms with Crippen LogP contribution in [-0.2, 0) is 4.79 Å². The number of hydrogen-bond donors (Lipinski definition) is 3. The van der Waals surface area contributed by atoms with Gasteiger partial charge in [-0.1, -0.05) is 17.7 Å². The second-order valence-corrected chi connectivity index (χ2v) is 8.85. The summed E-state index contributed by atoms with van der Waals surface area (Å²) in [5.74, 6) is -0.624. The Balaban J connectivity index is 1.55. The third-order valence-electron chi connectivity index (χ3n) is 5.19. The predicted molar refractivity (Wildman–Crippen MR) is 118 cm³/mol. The highest BCUT2D eigenvalue weighted by Gasteiger charge is 2.40. The maximum absolute atomic E-state index is 12.3. The smallest absolute Gasteiger partial charge is 0.229 e. The van der Waals surface area contributed by atoms with E-state index in [0.29, 0.717) is 18.2 Å². The highest BCUT2D eigenvalue weighted by Crippen LogP contribution is 2.34. The van der Waals surface area contributed by atoms with Gasteiger partial charge in [-0.3, -0.25) is 9.78 Å². The summed E-state index contributed by atoms with van der Waals surface area (Å²) in [7, 11) is 0. The summed E-state index contributed by atoms with van der Waals surface area (Å²) in [6.45, 7) is 4.10. The lowest BCUT2D eigenvalue weighted by Crippen LogP contribution is -2.25. The molecule has 3 N–H and O–H groups in total. The Morgan fingerprint density at radius 1 is 1.27 bits per heavy atom. The molecular formula is C21H22ClN5O2S. The molecule has 30 heavy (non-hydrogen) atoms. The Hall–Kier alpha value is -2.55. The summed E-state index contributed by atoms with van der Waals surface area (Å²) in [5, 5.41) is 16.4. The van der Waals surface area contributed by atoms with Gasteiger partial charge in [0.2, 0.25) is 11.9 Å². The number of rotatable bonds is 6. The first-order chi connectivity index (χ1) is 14.4. The van der Waals surface area contributed by atoms with Crippen LogP contribution in [0.5, 0.6) is 0 Å². The normalized spacial score (nSPS) is 20.6. The molecule has 4 atom stereocenters. The summed E-state index contributed by atoms with van der Waals surface area (Å²) in [6.07, 6.45) is 1.13. The Bertz CT molecular complexity index is 1040. The van der Waals surface area contributed by atoms with Gasteiger partial charge in [-0.15, -0.1) is 11.3 Å². The molecule has 4 rings (SSSR count). The number of nitrogens with one attached hydrogen (secondary N) is 2. The van der Waals surface area contributed by atoms with Crippen molar-refractivity contribution < 1.29 is 9.90 Å². The predicted octanol–water partition coefficient (Wildman–Crippen LogP) is 3.64. The van der Waals surface area contributed by atoms with Crippen LogP contribution in [0.2, 0.25) is 5.15 Å². The molecule has 1 saturated heterocycles. The quantitative estimate of drug-likeness (QED) is 0.503. The highest BCUT2D eigenvalue weighted by molar-refractivity contribution is 7.15. The van der Waals surface area contributed by atoms with Gasteiger partial charge in [0.1, 0.15) is 5.15 Å². The fourth-order valence-electron chi connectivity index (χ4n) is 3.60. The minimum Gasteiger partial charge on any atom is -0.393 e. The molecule has 1 amide bonds. The second kappa shape index (κ2) is 8.67. The second-order valence-electron chi connectivity index (χ2n) is 7.35. The molecular weight excluding hydrogens is 422 g/mol. The molecule has 156 valence electrons. The van der Waals surface area contributed by atoms with E-state index in [2.05, 4.69) is 25.6 Å². The number of nitrogens with zero attached hydrogens (tertiary/aromatic N) is 3. The van der Waals surface area contributed by atoms with Crippen molar-refractivity contribution in [3.63, 3.8) is 0 Å². The number of aromatic nitrogens is 3. The largest absolute Gasteiger partial charge is 0.393 e. The van der Waals surface area contributed by atoms with Gasteiger partial charge >= 0.3 is 0 Å². The van der Waals surface area contributed by atoms with E-state index in [9.17, 15) is 9.90 Å². The zero-order valence-corrected chi connectivity index (χ0v) is 18.1. The first kappa shape index (κ1) is 20.7. The van der Waals surface area contributed by atoms with Crippen LogP contribution in [0.4, 0.5) is 5.95 Å². The first-order valence-corrected chi connectivity index (χ1v) is 10.9. The van der Waals surface area contributed by atoms with Crippen molar-refractivity contribution in [3.05, 3.63) is 58.3 Å². The molecule has 3 aromatic rings. The minimum atomic E-state index is -0.644. The molecule has 1 aliphatic heterocycles. The summed E-state index contributed by atoms with van der Waals surface area (Å²) in [5.41, 5.74) is 1.43. The Kier molecular flexibility index (Phi) is 5.99.